The van der Waals surface area contributed by atoms with Crippen LogP contribution in [0.3, 0.4) is 0 Å². The Bertz CT molecular complexity index is 442. The number of halogens is 6. The smallest absolute Gasteiger partial charge is 0.314 e. The predicted molar refractivity (Wildman–Crippen MR) is 76.5 cm³/mol. The Balaban J connectivity index is 0.00000220. The number of hydrogen-bond donors (Lipinski definition) is 1. The van der Waals surface area contributed by atoms with Gasteiger partial charge < -0.3 is 5.32 Å². The molecule has 1 heterocycles. The predicted octanol–water partition coefficient (Wildman–Crippen LogP) is 3.80. The van der Waals surface area contributed by atoms with E-state index in [1.54, 1.807) is 4.90 Å². The van der Waals surface area contributed by atoms with Gasteiger partial charge in [0, 0.05) is 42.8 Å². The molecular weight excluding hydrogens is 331 g/mol. The first-order chi connectivity index (χ1) is 9.38. The molecule has 0 spiro atoms. The minimum atomic E-state index is -4.37. The number of nitrogens with zero attached hydrogens (tertiary/aromatic N) is 1. The van der Waals surface area contributed by atoms with Gasteiger partial charge in [-0.2, -0.15) is 13.2 Å². The van der Waals surface area contributed by atoms with E-state index in [2.05, 4.69) is 5.32 Å². The fourth-order valence-corrected chi connectivity index (χ4v) is 2.74. The zero-order valence-corrected chi connectivity index (χ0v) is 12.7. The third-order valence-corrected chi connectivity index (χ3v) is 3.68. The van der Waals surface area contributed by atoms with E-state index in [4.69, 9.17) is 11.6 Å². The Labute approximate surface area is 131 Å². The van der Waals surface area contributed by atoms with Gasteiger partial charge in [0.05, 0.1) is 6.42 Å². The zero-order chi connectivity index (χ0) is 14.8. The molecule has 1 aromatic rings. The van der Waals surface area contributed by atoms with E-state index in [0.717, 1.165) is 6.07 Å². The van der Waals surface area contributed by atoms with Gasteiger partial charge in [-0.05, 0) is 12.1 Å². The number of benzene rings is 1. The van der Waals surface area contributed by atoms with Crippen molar-refractivity contribution in [1.29, 1.82) is 0 Å². The van der Waals surface area contributed by atoms with Gasteiger partial charge >= 0.3 is 6.18 Å². The summed E-state index contributed by atoms with van der Waals surface area (Å²) < 4.78 is 52.3. The van der Waals surface area contributed by atoms with Crippen molar-refractivity contribution in [2.45, 2.75) is 18.6 Å². The number of hydrogen-bond acceptors (Lipinski definition) is 2. The van der Waals surface area contributed by atoms with E-state index < -0.39 is 24.5 Å². The van der Waals surface area contributed by atoms with Gasteiger partial charge in [0.15, 0.2) is 0 Å². The van der Waals surface area contributed by atoms with Gasteiger partial charge in [-0.1, -0.05) is 17.7 Å². The van der Waals surface area contributed by atoms with Gasteiger partial charge in [-0.25, -0.2) is 4.39 Å². The minimum absolute atomic E-state index is 0. The molecule has 0 aromatic heterocycles. The van der Waals surface area contributed by atoms with Gasteiger partial charge in [0.1, 0.15) is 5.82 Å². The van der Waals surface area contributed by atoms with Crippen molar-refractivity contribution in [2.75, 3.05) is 26.2 Å². The van der Waals surface area contributed by atoms with Gasteiger partial charge in [-0.3, -0.25) is 4.90 Å². The monoisotopic (exact) mass is 346 g/mol. The molecule has 1 saturated heterocycles. The van der Waals surface area contributed by atoms with Crippen molar-refractivity contribution in [3.8, 4) is 0 Å². The molecule has 0 aliphatic carbocycles. The molecule has 1 N–H and O–H groups in total. The Morgan fingerprint density at radius 2 is 1.86 bits per heavy atom. The Hall–Kier alpha value is -0.560. The summed E-state index contributed by atoms with van der Waals surface area (Å²) in [6, 6.07) is 2.88. The first-order valence-corrected chi connectivity index (χ1v) is 6.72. The molecule has 120 valence electrons. The first-order valence-electron chi connectivity index (χ1n) is 6.34. The molecule has 0 unspecified atom stereocenters. The molecule has 8 heteroatoms. The van der Waals surface area contributed by atoms with Crippen molar-refractivity contribution in [3.05, 3.63) is 34.6 Å². The lowest BCUT2D eigenvalue weighted by molar-refractivity contribution is -0.149. The van der Waals surface area contributed by atoms with Crippen LogP contribution in [-0.2, 0) is 0 Å². The number of nitrogens with one attached hydrogen (secondary N) is 1. The van der Waals surface area contributed by atoms with E-state index in [1.165, 1.54) is 12.1 Å². The maximum absolute atomic E-state index is 13.9. The van der Waals surface area contributed by atoms with Crippen molar-refractivity contribution in [3.63, 3.8) is 0 Å². The quantitative estimate of drug-likeness (QED) is 0.837. The highest BCUT2D eigenvalue weighted by Crippen LogP contribution is 2.38. The van der Waals surface area contributed by atoms with Crippen LogP contribution in [0.5, 0.6) is 0 Å². The fourth-order valence-electron chi connectivity index (χ4n) is 2.46. The average molecular weight is 347 g/mol. The summed E-state index contributed by atoms with van der Waals surface area (Å²) in [4.78, 5) is 1.63. The van der Waals surface area contributed by atoms with E-state index >= 15 is 0 Å². The van der Waals surface area contributed by atoms with Crippen LogP contribution in [0, 0.1) is 5.82 Å². The Kier molecular flexibility index (Phi) is 6.71. The third-order valence-electron chi connectivity index (χ3n) is 3.35. The van der Waals surface area contributed by atoms with Gasteiger partial charge in [0.25, 0.3) is 0 Å². The molecule has 1 aliphatic heterocycles. The van der Waals surface area contributed by atoms with Crippen molar-refractivity contribution in [2.24, 2.45) is 0 Å². The lowest BCUT2D eigenvalue weighted by atomic mass is 10.00. The second kappa shape index (κ2) is 7.63. The average Bonchev–Trinajstić information content (AvgIpc) is 2.37. The van der Waals surface area contributed by atoms with Crippen molar-refractivity contribution in [1.82, 2.24) is 10.2 Å². The second-order valence-corrected chi connectivity index (χ2v) is 5.16. The summed E-state index contributed by atoms with van der Waals surface area (Å²) in [5, 5.41) is 3.10. The van der Waals surface area contributed by atoms with E-state index in [-0.39, 0.29) is 23.0 Å². The SMILES string of the molecule is Cl.Fc1cccc(Cl)c1[C@H](CC(F)(F)F)N1CCNCC1. The summed E-state index contributed by atoms with van der Waals surface area (Å²) in [7, 11) is 0. The lowest BCUT2D eigenvalue weighted by Gasteiger charge is -2.36. The molecule has 0 saturated carbocycles. The van der Waals surface area contributed by atoms with Crippen LogP contribution in [0.25, 0.3) is 0 Å². The summed E-state index contributed by atoms with van der Waals surface area (Å²) in [6.07, 6.45) is -5.48. The van der Waals surface area contributed by atoms with Crippen LogP contribution < -0.4 is 5.32 Å². The molecule has 2 nitrogen and oxygen atoms in total. The van der Waals surface area contributed by atoms with Crippen LogP contribution >= 0.6 is 24.0 Å². The van der Waals surface area contributed by atoms with Crippen LogP contribution in [-0.4, -0.2) is 37.3 Å². The maximum atomic E-state index is 13.9. The molecule has 0 radical (unpaired) electrons. The standard InChI is InChI=1S/C13H15ClF4N2.ClH/c14-9-2-1-3-10(15)12(9)11(8-13(16,17)18)20-6-4-19-5-7-20;/h1-3,11,19H,4-8H2;1H/t11-;/m0./s1. The Morgan fingerprint density at radius 3 is 2.38 bits per heavy atom. The molecule has 1 aliphatic rings. The van der Waals surface area contributed by atoms with Gasteiger partial charge in [-0.15, -0.1) is 12.4 Å². The number of alkyl halides is 3. The summed E-state index contributed by atoms with van der Waals surface area (Å²) in [6.45, 7) is 2.04. The molecule has 21 heavy (non-hydrogen) atoms. The van der Waals surface area contributed by atoms with Crippen molar-refractivity contribution < 1.29 is 17.6 Å². The Morgan fingerprint density at radius 1 is 1.24 bits per heavy atom. The molecule has 2 rings (SSSR count). The largest absolute Gasteiger partial charge is 0.390 e. The van der Waals surface area contributed by atoms with Gasteiger partial charge in [0.2, 0.25) is 0 Å². The van der Waals surface area contributed by atoms with Crippen LogP contribution in [0.1, 0.15) is 18.0 Å². The highest BCUT2D eigenvalue weighted by molar-refractivity contribution is 6.31. The molecule has 0 bridgehead atoms. The summed E-state index contributed by atoms with van der Waals surface area (Å²) in [5.41, 5.74) is -0.0617. The zero-order valence-electron chi connectivity index (χ0n) is 11.1. The second-order valence-electron chi connectivity index (χ2n) is 4.76. The minimum Gasteiger partial charge on any atom is -0.314 e. The summed E-state index contributed by atoms with van der Waals surface area (Å²) in [5.74, 6) is -0.690. The molecule has 0 amide bonds. The molecule has 1 fully saturated rings. The first kappa shape index (κ1) is 18.5. The molecular formula is C13H16Cl2F4N2. The third kappa shape index (κ3) is 4.98. The van der Waals surface area contributed by atoms with E-state index in [9.17, 15) is 17.6 Å². The fraction of sp³-hybridized carbons (Fsp3) is 0.538. The number of rotatable bonds is 3. The molecule has 1 atom stereocenters. The maximum Gasteiger partial charge on any atom is 0.390 e. The van der Waals surface area contributed by atoms with E-state index in [1.807, 2.05) is 0 Å². The number of piperazine rings is 1. The van der Waals surface area contributed by atoms with E-state index in [0.29, 0.717) is 26.2 Å². The summed E-state index contributed by atoms with van der Waals surface area (Å²) >= 11 is 5.92. The highest BCUT2D eigenvalue weighted by atomic mass is 35.5. The normalized spacial score (nSPS) is 18.1. The molecule has 1 aromatic carbocycles. The lowest BCUT2D eigenvalue weighted by Crippen LogP contribution is -2.46. The van der Waals surface area contributed by atoms with Crippen LogP contribution in [0.2, 0.25) is 5.02 Å². The van der Waals surface area contributed by atoms with Crippen LogP contribution in [0.4, 0.5) is 17.6 Å². The highest BCUT2D eigenvalue weighted by Gasteiger charge is 2.37. The van der Waals surface area contributed by atoms with Crippen molar-refractivity contribution >= 4 is 24.0 Å². The van der Waals surface area contributed by atoms with Crippen LogP contribution in [0.15, 0.2) is 18.2 Å². The topological polar surface area (TPSA) is 15.3 Å².